The van der Waals surface area contributed by atoms with Crippen molar-refractivity contribution in [2.24, 2.45) is 0 Å². The molecule has 3 nitrogen and oxygen atoms in total. The van der Waals surface area contributed by atoms with E-state index in [1.54, 1.807) is 24.3 Å². The summed E-state index contributed by atoms with van der Waals surface area (Å²) < 4.78 is 0. The van der Waals surface area contributed by atoms with Gasteiger partial charge < -0.3 is 10.6 Å². The first-order valence-corrected chi connectivity index (χ1v) is 7.42. The second-order valence-electron chi connectivity index (χ2n) is 5.41. The molecule has 2 aromatic carbocycles. The molecule has 1 fully saturated rings. The smallest absolute Gasteiger partial charge is 0.254 e. The van der Waals surface area contributed by atoms with Crippen molar-refractivity contribution < 1.29 is 4.79 Å². The SMILES string of the molecule is Nc1ccc(C(=O)N(Cc2ccc(Cl)cc2)C2CC2)cc1. The summed E-state index contributed by atoms with van der Waals surface area (Å²) in [5.74, 6) is 0.0625. The van der Waals surface area contributed by atoms with Crippen molar-refractivity contribution in [1.29, 1.82) is 0 Å². The van der Waals surface area contributed by atoms with Crippen LogP contribution in [0.3, 0.4) is 0 Å². The first kappa shape index (κ1) is 14.0. The molecule has 0 heterocycles. The average Bonchev–Trinajstić information content (AvgIpc) is 3.31. The van der Waals surface area contributed by atoms with Gasteiger partial charge in [0.15, 0.2) is 0 Å². The number of nitrogen functional groups attached to an aromatic ring is 1. The highest BCUT2D eigenvalue weighted by Gasteiger charge is 2.32. The maximum atomic E-state index is 12.7. The third-order valence-electron chi connectivity index (χ3n) is 3.67. The molecule has 2 aromatic rings. The van der Waals surface area contributed by atoms with Crippen LogP contribution >= 0.6 is 11.6 Å². The van der Waals surface area contributed by atoms with Gasteiger partial charge in [-0.15, -0.1) is 0 Å². The minimum atomic E-state index is 0.0625. The van der Waals surface area contributed by atoms with Crippen LogP contribution in [0.2, 0.25) is 5.02 Å². The molecule has 0 radical (unpaired) electrons. The maximum absolute atomic E-state index is 12.7. The van der Waals surface area contributed by atoms with Crippen molar-refractivity contribution in [1.82, 2.24) is 4.90 Å². The molecule has 1 aliphatic rings. The first-order valence-electron chi connectivity index (χ1n) is 7.04. The van der Waals surface area contributed by atoms with Gasteiger partial charge in [-0.3, -0.25) is 4.79 Å². The largest absolute Gasteiger partial charge is 0.399 e. The normalized spacial score (nSPS) is 14.0. The van der Waals surface area contributed by atoms with Crippen molar-refractivity contribution in [2.45, 2.75) is 25.4 Å². The fourth-order valence-electron chi connectivity index (χ4n) is 2.33. The zero-order valence-corrected chi connectivity index (χ0v) is 12.4. The number of carbonyl (C=O) groups is 1. The Hall–Kier alpha value is -2.00. The fraction of sp³-hybridized carbons (Fsp3) is 0.235. The number of benzene rings is 2. The molecule has 0 bridgehead atoms. The number of hydrogen-bond acceptors (Lipinski definition) is 2. The van der Waals surface area contributed by atoms with Crippen LogP contribution in [0.5, 0.6) is 0 Å². The lowest BCUT2D eigenvalue weighted by atomic mass is 10.1. The van der Waals surface area contributed by atoms with Gasteiger partial charge in [-0.1, -0.05) is 23.7 Å². The Kier molecular flexibility index (Phi) is 3.84. The van der Waals surface area contributed by atoms with Crippen LogP contribution in [-0.4, -0.2) is 16.8 Å². The molecule has 4 heteroatoms. The summed E-state index contributed by atoms with van der Waals surface area (Å²) in [6.45, 7) is 0.616. The Morgan fingerprint density at radius 3 is 2.29 bits per heavy atom. The van der Waals surface area contributed by atoms with Gasteiger partial charge >= 0.3 is 0 Å². The van der Waals surface area contributed by atoms with Crippen LogP contribution in [0, 0.1) is 0 Å². The number of nitrogens with zero attached hydrogens (tertiary/aromatic N) is 1. The highest BCUT2D eigenvalue weighted by atomic mass is 35.5. The highest BCUT2D eigenvalue weighted by Crippen LogP contribution is 2.30. The van der Waals surface area contributed by atoms with Gasteiger partial charge in [-0.05, 0) is 54.8 Å². The third kappa shape index (κ3) is 3.37. The van der Waals surface area contributed by atoms with E-state index >= 15 is 0 Å². The predicted molar refractivity (Wildman–Crippen MR) is 85.2 cm³/mol. The van der Waals surface area contributed by atoms with Crippen molar-refractivity contribution in [3.63, 3.8) is 0 Å². The van der Waals surface area contributed by atoms with Crippen molar-refractivity contribution >= 4 is 23.2 Å². The van der Waals surface area contributed by atoms with Gasteiger partial charge in [0, 0.05) is 28.9 Å². The molecular weight excluding hydrogens is 284 g/mol. The lowest BCUT2D eigenvalue weighted by molar-refractivity contribution is 0.0730. The molecule has 0 atom stereocenters. The zero-order valence-electron chi connectivity index (χ0n) is 11.6. The minimum Gasteiger partial charge on any atom is -0.399 e. The van der Waals surface area contributed by atoms with E-state index in [1.165, 1.54) is 0 Å². The van der Waals surface area contributed by atoms with E-state index < -0.39 is 0 Å². The van der Waals surface area contributed by atoms with Crippen molar-refractivity contribution in [3.05, 3.63) is 64.7 Å². The topological polar surface area (TPSA) is 46.3 Å². The Bertz CT molecular complexity index is 633. The molecule has 0 unspecified atom stereocenters. The van der Waals surface area contributed by atoms with E-state index in [9.17, 15) is 4.79 Å². The Labute approximate surface area is 129 Å². The highest BCUT2D eigenvalue weighted by molar-refractivity contribution is 6.30. The Morgan fingerprint density at radius 1 is 1.10 bits per heavy atom. The zero-order chi connectivity index (χ0) is 14.8. The summed E-state index contributed by atoms with van der Waals surface area (Å²) in [7, 11) is 0. The minimum absolute atomic E-state index is 0.0625. The van der Waals surface area contributed by atoms with Gasteiger partial charge in [0.2, 0.25) is 0 Å². The van der Waals surface area contributed by atoms with Gasteiger partial charge in [0.05, 0.1) is 0 Å². The summed E-state index contributed by atoms with van der Waals surface area (Å²) in [5, 5.41) is 0.710. The van der Waals surface area contributed by atoms with E-state index in [2.05, 4.69) is 0 Å². The summed E-state index contributed by atoms with van der Waals surface area (Å²) in [5.41, 5.74) is 8.12. The van der Waals surface area contributed by atoms with Crippen molar-refractivity contribution in [3.8, 4) is 0 Å². The number of carbonyl (C=O) groups excluding carboxylic acids is 1. The van der Waals surface area contributed by atoms with Crippen LogP contribution in [0.15, 0.2) is 48.5 Å². The van der Waals surface area contributed by atoms with Crippen LogP contribution in [-0.2, 0) is 6.54 Å². The van der Waals surface area contributed by atoms with Crippen LogP contribution < -0.4 is 5.73 Å². The van der Waals surface area contributed by atoms with Gasteiger partial charge in [-0.2, -0.15) is 0 Å². The number of hydrogen-bond donors (Lipinski definition) is 1. The molecular formula is C17H17ClN2O. The summed E-state index contributed by atoms with van der Waals surface area (Å²) in [6.07, 6.45) is 2.16. The van der Waals surface area contributed by atoms with Gasteiger partial charge in [-0.25, -0.2) is 0 Å². The van der Waals surface area contributed by atoms with E-state index in [0.717, 1.165) is 18.4 Å². The third-order valence-corrected chi connectivity index (χ3v) is 3.92. The van der Waals surface area contributed by atoms with E-state index in [-0.39, 0.29) is 5.91 Å². The van der Waals surface area contributed by atoms with E-state index in [4.69, 9.17) is 17.3 Å². The lowest BCUT2D eigenvalue weighted by Gasteiger charge is -2.23. The number of nitrogens with two attached hydrogens (primary N) is 1. The van der Waals surface area contributed by atoms with Crippen LogP contribution in [0.4, 0.5) is 5.69 Å². The quantitative estimate of drug-likeness (QED) is 0.875. The molecule has 0 aromatic heterocycles. The second kappa shape index (κ2) is 5.78. The molecule has 3 rings (SSSR count). The van der Waals surface area contributed by atoms with E-state index in [1.807, 2.05) is 29.2 Å². The number of halogens is 1. The van der Waals surface area contributed by atoms with Crippen LogP contribution in [0.1, 0.15) is 28.8 Å². The molecule has 0 aliphatic heterocycles. The molecule has 1 aliphatic carbocycles. The van der Waals surface area contributed by atoms with Crippen molar-refractivity contribution in [2.75, 3.05) is 5.73 Å². The van der Waals surface area contributed by atoms with E-state index in [0.29, 0.717) is 28.9 Å². The summed E-state index contributed by atoms with van der Waals surface area (Å²) in [6, 6.07) is 15.1. The Morgan fingerprint density at radius 2 is 1.71 bits per heavy atom. The van der Waals surface area contributed by atoms with Gasteiger partial charge in [0.25, 0.3) is 5.91 Å². The molecule has 0 saturated heterocycles. The lowest BCUT2D eigenvalue weighted by Crippen LogP contribution is -2.32. The predicted octanol–water partition coefficient (Wildman–Crippen LogP) is 3.73. The number of rotatable bonds is 4. The van der Waals surface area contributed by atoms with Gasteiger partial charge in [0.1, 0.15) is 0 Å². The number of anilines is 1. The monoisotopic (exact) mass is 300 g/mol. The fourth-order valence-corrected chi connectivity index (χ4v) is 2.46. The molecule has 108 valence electrons. The second-order valence-corrected chi connectivity index (χ2v) is 5.85. The molecule has 2 N–H and O–H groups in total. The first-order chi connectivity index (χ1) is 10.1. The molecule has 21 heavy (non-hydrogen) atoms. The maximum Gasteiger partial charge on any atom is 0.254 e. The summed E-state index contributed by atoms with van der Waals surface area (Å²) >= 11 is 5.90. The molecule has 1 amide bonds. The summed E-state index contributed by atoms with van der Waals surface area (Å²) in [4.78, 5) is 14.6. The van der Waals surface area contributed by atoms with Crippen LogP contribution in [0.25, 0.3) is 0 Å². The molecule has 1 saturated carbocycles. The average molecular weight is 301 g/mol. The Balaban J connectivity index is 1.79. The molecule has 0 spiro atoms. The number of amides is 1. The standard InChI is InChI=1S/C17H17ClN2O/c18-14-5-1-12(2-6-14)11-20(16-9-10-16)17(21)13-3-7-15(19)8-4-13/h1-8,16H,9-11,19H2.